The maximum atomic E-state index is 8.88. The number of aromatic amines is 1. The average molecular weight is 248 g/mol. The van der Waals surface area contributed by atoms with E-state index in [2.05, 4.69) is 19.7 Å². The Hall–Kier alpha value is -2.07. The first-order valence-corrected chi connectivity index (χ1v) is 5.96. The predicted molar refractivity (Wildman–Crippen MR) is 66.6 cm³/mol. The van der Waals surface area contributed by atoms with E-state index in [0.717, 1.165) is 30.2 Å². The lowest BCUT2D eigenvalue weighted by Crippen LogP contribution is -2.03. The quantitative estimate of drug-likeness (QED) is 0.693. The molecule has 0 atom stereocenters. The zero-order chi connectivity index (χ0) is 12.1. The molecule has 0 aliphatic rings. The fourth-order valence-electron chi connectivity index (χ4n) is 1.42. The minimum Gasteiger partial charge on any atom is -0.382 e. The highest BCUT2D eigenvalue weighted by atomic mass is 32.1. The molecule has 2 rings (SSSR count). The zero-order valence-electron chi connectivity index (χ0n) is 9.10. The Bertz CT molecular complexity index is 509. The second-order valence-corrected chi connectivity index (χ2v) is 4.22. The Labute approximate surface area is 103 Å². The SMILES string of the molecule is N#Cc1c(N)nsc1NCCCc1ncc[nH]1. The Kier molecular flexibility index (Phi) is 3.57. The highest BCUT2D eigenvalue weighted by Crippen LogP contribution is 2.25. The van der Waals surface area contributed by atoms with Crippen molar-refractivity contribution in [3.8, 4) is 6.07 Å². The number of aryl methyl sites for hydroxylation is 1. The van der Waals surface area contributed by atoms with E-state index in [-0.39, 0.29) is 0 Å². The Morgan fingerprint density at radius 2 is 2.47 bits per heavy atom. The molecule has 17 heavy (non-hydrogen) atoms. The summed E-state index contributed by atoms with van der Waals surface area (Å²) in [5.41, 5.74) is 5.99. The van der Waals surface area contributed by atoms with Crippen molar-refractivity contribution in [2.75, 3.05) is 17.6 Å². The minimum absolute atomic E-state index is 0.297. The number of nitrogens with one attached hydrogen (secondary N) is 2. The van der Waals surface area contributed by atoms with Crippen LogP contribution in [0.2, 0.25) is 0 Å². The molecule has 2 aromatic rings. The lowest BCUT2D eigenvalue weighted by molar-refractivity contribution is 0.817. The van der Waals surface area contributed by atoms with E-state index in [4.69, 9.17) is 11.0 Å². The molecule has 0 unspecified atom stereocenters. The van der Waals surface area contributed by atoms with Crippen LogP contribution in [0.1, 0.15) is 17.8 Å². The molecular weight excluding hydrogens is 236 g/mol. The monoisotopic (exact) mass is 248 g/mol. The van der Waals surface area contributed by atoms with Crippen LogP contribution in [0, 0.1) is 11.3 Å². The summed E-state index contributed by atoms with van der Waals surface area (Å²) in [5, 5.41) is 12.8. The van der Waals surface area contributed by atoms with Gasteiger partial charge in [-0.15, -0.1) is 0 Å². The van der Waals surface area contributed by atoms with Gasteiger partial charge >= 0.3 is 0 Å². The number of aromatic nitrogens is 3. The summed E-state index contributed by atoms with van der Waals surface area (Å²) in [6.45, 7) is 0.761. The lowest BCUT2D eigenvalue weighted by atomic mass is 10.3. The van der Waals surface area contributed by atoms with Gasteiger partial charge in [-0.3, -0.25) is 0 Å². The number of nitrogens with two attached hydrogens (primary N) is 1. The molecule has 6 nitrogen and oxygen atoms in total. The molecule has 0 saturated carbocycles. The Morgan fingerprint density at radius 3 is 3.18 bits per heavy atom. The molecule has 2 aromatic heterocycles. The fourth-order valence-corrected chi connectivity index (χ4v) is 2.11. The van der Waals surface area contributed by atoms with Gasteiger partial charge in [0.05, 0.1) is 0 Å². The van der Waals surface area contributed by atoms with Crippen LogP contribution in [0.15, 0.2) is 12.4 Å². The first kappa shape index (κ1) is 11.4. The van der Waals surface area contributed by atoms with E-state index in [1.807, 2.05) is 6.07 Å². The number of hydrogen-bond acceptors (Lipinski definition) is 6. The van der Waals surface area contributed by atoms with Crippen LogP contribution in [0.25, 0.3) is 0 Å². The van der Waals surface area contributed by atoms with Crippen LogP contribution in [0.5, 0.6) is 0 Å². The van der Waals surface area contributed by atoms with Crippen LogP contribution in [0.3, 0.4) is 0 Å². The van der Waals surface area contributed by atoms with E-state index in [9.17, 15) is 0 Å². The zero-order valence-corrected chi connectivity index (χ0v) is 9.92. The van der Waals surface area contributed by atoms with Crippen molar-refractivity contribution in [1.29, 1.82) is 5.26 Å². The van der Waals surface area contributed by atoms with Gasteiger partial charge in [0.2, 0.25) is 0 Å². The number of H-pyrrole nitrogens is 1. The maximum Gasteiger partial charge on any atom is 0.157 e. The van der Waals surface area contributed by atoms with Crippen LogP contribution >= 0.6 is 11.5 Å². The molecule has 0 fully saturated rings. The van der Waals surface area contributed by atoms with Crippen LogP contribution < -0.4 is 11.1 Å². The van der Waals surface area contributed by atoms with Gasteiger partial charge in [-0.05, 0) is 18.0 Å². The molecule has 0 aromatic carbocycles. The second-order valence-electron chi connectivity index (χ2n) is 3.45. The molecule has 2 heterocycles. The first-order chi connectivity index (χ1) is 8.31. The first-order valence-electron chi connectivity index (χ1n) is 5.18. The number of hydrogen-bond donors (Lipinski definition) is 3. The summed E-state index contributed by atoms with van der Waals surface area (Å²) in [5.74, 6) is 1.27. The van der Waals surface area contributed by atoms with Crippen LogP contribution in [-0.4, -0.2) is 20.9 Å². The smallest absolute Gasteiger partial charge is 0.157 e. The van der Waals surface area contributed by atoms with Gasteiger partial charge in [-0.25, -0.2) is 4.98 Å². The number of nitrogen functional groups attached to an aromatic ring is 1. The van der Waals surface area contributed by atoms with E-state index >= 15 is 0 Å². The highest BCUT2D eigenvalue weighted by molar-refractivity contribution is 7.10. The van der Waals surface area contributed by atoms with Crippen LogP contribution in [-0.2, 0) is 6.42 Å². The van der Waals surface area contributed by atoms with Crippen molar-refractivity contribution < 1.29 is 0 Å². The molecule has 0 radical (unpaired) electrons. The Morgan fingerprint density at radius 1 is 1.59 bits per heavy atom. The molecule has 0 aliphatic heterocycles. The number of nitrogens with zero attached hydrogens (tertiary/aromatic N) is 3. The van der Waals surface area contributed by atoms with Crippen molar-refractivity contribution in [2.45, 2.75) is 12.8 Å². The topological polar surface area (TPSA) is 103 Å². The summed E-state index contributed by atoms with van der Waals surface area (Å²) < 4.78 is 3.93. The van der Waals surface area contributed by atoms with Crippen molar-refractivity contribution in [3.63, 3.8) is 0 Å². The van der Waals surface area contributed by atoms with Gasteiger partial charge in [-0.1, -0.05) is 0 Å². The summed E-state index contributed by atoms with van der Waals surface area (Å²) in [6, 6.07) is 2.04. The fraction of sp³-hybridized carbons (Fsp3) is 0.300. The molecule has 4 N–H and O–H groups in total. The second kappa shape index (κ2) is 5.32. The summed E-state index contributed by atoms with van der Waals surface area (Å²) in [7, 11) is 0. The average Bonchev–Trinajstić information content (AvgIpc) is 2.94. The molecule has 0 amide bonds. The van der Waals surface area contributed by atoms with E-state index in [0.29, 0.717) is 11.4 Å². The molecule has 0 saturated heterocycles. The van der Waals surface area contributed by atoms with Gasteiger partial charge < -0.3 is 16.0 Å². The van der Waals surface area contributed by atoms with Gasteiger partial charge in [0.1, 0.15) is 22.5 Å². The molecule has 0 spiro atoms. The molecule has 0 bridgehead atoms. The largest absolute Gasteiger partial charge is 0.382 e. The van der Waals surface area contributed by atoms with Crippen molar-refractivity contribution in [2.24, 2.45) is 0 Å². The van der Waals surface area contributed by atoms with Crippen molar-refractivity contribution in [3.05, 3.63) is 23.8 Å². The number of rotatable bonds is 5. The van der Waals surface area contributed by atoms with E-state index < -0.39 is 0 Å². The normalized spacial score (nSPS) is 10.1. The summed E-state index contributed by atoms with van der Waals surface area (Å²) in [6.07, 6.45) is 5.34. The van der Waals surface area contributed by atoms with Crippen molar-refractivity contribution >= 4 is 22.4 Å². The van der Waals surface area contributed by atoms with Gasteiger partial charge in [0.15, 0.2) is 5.82 Å². The summed E-state index contributed by atoms with van der Waals surface area (Å²) >= 11 is 1.22. The third kappa shape index (κ3) is 2.73. The van der Waals surface area contributed by atoms with E-state index in [1.165, 1.54) is 11.5 Å². The molecule has 0 aliphatic carbocycles. The standard InChI is InChI=1S/C10H12N6S/c11-6-7-9(12)16-17-10(7)15-3-1-2-8-13-4-5-14-8/h4-5,15H,1-3H2,(H2,12,16)(H,13,14). The van der Waals surface area contributed by atoms with Gasteiger partial charge in [-0.2, -0.15) is 9.64 Å². The van der Waals surface area contributed by atoms with Gasteiger partial charge in [0, 0.05) is 25.4 Å². The molecular formula is C10H12N6S. The molecule has 7 heteroatoms. The third-order valence-corrected chi connectivity index (χ3v) is 3.08. The van der Waals surface area contributed by atoms with Crippen LogP contribution in [0.4, 0.5) is 10.8 Å². The highest BCUT2D eigenvalue weighted by Gasteiger charge is 2.09. The minimum atomic E-state index is 0.297. The Balaban J connectivity index is 1.80. The number of nitriles is 1. The van der Waals surface area contributed by atoms with Crippen molar-refractivity contribution in [1.82, 2.24) is 14.3 Å². The van der Waals surface area contributed by atoms with E-state index in [1.54, 1.807) is 12.4 Å². The lowest BCUT2D eigenvalue weighted by Gasteiger charge is -2.02. The number of imidazole rings is 1. The number of anilines is 2. The maximum absolute atomic E-state index is 8.88. The third-order valence-electron chi connectivity index (χ3n) is 2.26. The summed E-state index contributed by atoms with van der Waals surface area (Å²) in [4.78, 5) is 7.17. The molecule has 88 valence electrons. The predicted octanol–water partition coefficient (Wildman–Crippen LogP) is 1.36. The van der Waals surface area contributed by atoms with Gasteiger partial charge in [0.25, 0.3) is 0 Å².